The molecule has 1 aliphatic heterocycles. The summed E-state index contributed by atoms with van der Waals surface area (Å²) in [5.74, 6) is 1.07. The number of aromatic nitrogens is 1. The Hall–Kier alpha value is -1.62. The van der Waals surface area contributed by atoms with Crippen LogP contribution in [0.25, 0.3) is 0 Å². The first-order valence-electron chi connectivity index (χ1n) is 6.26. The Kier molecular flexibility index (Phi) is 4.15. The number of rotatable bonds is 4. The summed E-state index contributed by atoms with van der Waals surface area (Å²) in [5, 5.41) is 0. The lowest BCUT2D eigenvalue weighted by molar-refractivity contribution is -0.137. The molecule has 1 saturated heterocycles. The number of carbonyl (C=O) groups is 1. The molecule has 0 bridgehead atoms. The quantitative estimate of drug-likeness (QED) is 0.851. The molecular weight excluding hydrogens is 230 g/mol. The highest BCUT2D eigenvalue weighted by atomic mass is 16.5. The van der Waals surface area contributed by atoms with Crippen LogP contribution in [-0.2, 0) is 4.79 Å². The van der Waals surface area contributed by atoms with E-state index >= 15 is 0 Å². The Balaban J connectivity index is 1.89. The third-order valence-electron chi connectivity index (χ3n) is 3.23. The zero-order valence-corrected chi connectivity index (χ0v) is 10.6. The zero-order valence-electron chi connectivity index (χ0n) is 10.6. The molecule has 0 unspecified atom stereocenters. The van der Waals surface area contributed by atoms with Gasteiger partial charge in [0.15, 0.2) is 6.10 Å². The van der Waals surface area contributed by atoms with E-state index in [1.165, 1.54) is 0 Å². The lowest BCUT2D eigenvalue weighted by Gasteiger charge is -2.21. The third-order valence-corrected chi connectivity index (χ3v) is 3.23. The molecule has 5 nitrogen and oxygen atoms in total. The van der Waals surface area contributed by atoms with E-state index in [1.54, 1.807) is 31.5 Å². The van der Waals surface area contributed by atoms with Crippen molar-refractivity contribution < 1.29 is 9.53 Å². The number of pyridine rings is 1. The van der Waals surface area contributed by atoms with Gasteiger partial charge in [0.05, 0.1) is 6.20 Å². The van der Waals surface area contributed by atoms with E-state index in [2.05, 4.69) is 4.98 Å². The molecule has 5 heteroatoms. The van der Waals surface area contributed by atoms with Gasteiger partial charge in [0.2, 0.25) is 0 Å². The largest absolute Gasteiger partial charge is 0.479 e. The van der Waals surface area contributed by atoms with Crippen LogP contribution in [0.15, 0.2) is 24.5 Å². The molecule has 1 aromatic rings. The molecule has 0 aromatic carbocycles. The third kappa shape index (κ3) is 2.98. The fourth-order valence-electron chi connectivity index (χ4n) is 2.15. The Labute approximate surface area is 107 Å². The smallest absolute Gasteiger partial charge is 0.263 e. The zero-order chi connectivity index (χ0) is 13.0. The highest BCUT2D eigenvalue weighted by Gasteiger charge is 2.29. The van der Waals surface area contributed by atoms with Gasteiger partial charge in [0.25, 0.3) is 5.91 Å². The van der Waals surface area contributed by atoms with Crippen molar-refractivity contribution in [1.29, 1.82) is 0 Å². The summed E-state index contributed by atoms with van der Waals surface area (Å²) in [5.41, 5.74) is 5.62. The molecule has 0 aliphatic carbocycles. The van der Waals surface area contributed by atoms with Crippen LogP contribution in [0.5, 0.6) is 5.75 Å². The number of carbonyl (C=O) groups excluding carboxylic acids is 1. The minimum atomic E-state index is -0.481. The van der Waals surface area contributed by atoms with Crippen molar-refractivity contribution in [1.82, 2.24) is 9.88 Å². The van der Waals surface area contributed by atoms with E-state index in [4.69, 9.17) is 10.5 Å². The lowest BCUT2D eigenvalue weighted by atomic mass is 10.1. The number of amides is 1. The van der Waals surface area contributed by atoms with Crippen LogP contribution in [0.4, 0.5) is 0 Å². The average molecular weight is 249 g/mol. The molecular formula is C13H19N3O2. The lowest BCUT2D eigenvalue weighted by Crippen LogP contribution is -2.39. The van der Waals surface area contributed by atoms with Gasteiger partial charge in [-0.25, -0.2) is 0 Å². The SMILES string of the molecule is C[C@@H](Oc1cccnc1)C(=O)N1CC[C@@H](CN)C1. The van der Waals surface area contributed by atoms with Gasteiger partial charge in [-0.1, -0.05) is 0 Å². The van der Waals surface area contributed by atoms with Crippen molar-refractivity contribution in [3.63, 3.8) is 0 Å². The number of likely N-dealkylation sites (tertiary alicyclic amines) is 1. The summed E-state index contributed by atoms with van der Waals surface area (Å²) in [6, 6.07) is 3.58. The molecule has 2 rings (SSSR count). The standard InChI is InChI=1S/C13H19N3O2/c1-10(18-12-3-2-5-15-8-12)13(17)16-6-4-11(7-14)9-16/h2-3,5,8,10-11H,4,6-7,9,14H2,1H3/t10-,11+/m1/s1. The molecule has 1 amide bonds. The predicted octanol–water partition coefficient (Wildman–Crippen LogP) is 0.656. The van der Waals surface area contributed by atoms with Gasteiger partial charge in [-0.05, 0) is 37.9 Å². The fourth-order valence-corrected chi connectivity index (χ4v) is 2.15. The maximum atomic E-state index is 12.2. The molecule has 1 fully saturated rings. The molecule has 0 saturated carbocycles. The normalized spacial score (nSPS) is 20.8. The molecule has 2 atom stereocenters. The minimum Gasteiger partial charge on any atom is -0.479 e. The molecule has 0 radical (unpaired) electrons. The second-order valence-electron chi connectivity index (χ2n) is 4.62. The summed E-state index contributed by atoms with van der Waals surface area (Å²) >= 11 is 0. The average Bonchev–Trinajstić information content (AvgIpc) is 2.87. The summed E-state index contributed by atoms with van der Waals surface area (Å²) in [4.78, 5) is 17.9. The van der Waals surface area contributed by atoms with E-state index in [9.17, 15) is 4.79 Å². The molecule has 1 aliphatic rings. The minimum absolute atomic E-state index is 0.0230. The fraction of sp³-hybridized carbons (Fsp3) is 0.538. The van der Waals surface area contributed by atoms with Crippen LogP contribution in [0, 0.1) is 5.92 Å². The highest BCUT2D eigenvalue weighted by molar-refractivity contribution is 5.81. The Morgan fingerprint density at radius 1 is 1.72 bits per heavy atom. The Morgan fingerprint density at radius 2 is 2.56 bits per heavy atom. The number of nitrogens with two attached hydrogens (primary N) is 1. The summed E-state index contributed by atoms with van der Waals surface area (Å²) in [6.07, 6.45) is 3.79. The summed E-state index contributed by atoms with van der Waals surface area (Å²) < 4.78 is 5.57. The van der Waals surface area contributed by atoms with E-state index in [-0.39, 0.29) is 5.91 Å². The van der Waals surface area contributed by atoms with E-state index in [0.29, 0.717) is 18.2 Å². The highest BCUT2D eigenvalue weighted by Crippen LogP contribution is 2.17. The number of hydrogen-bond acceptors (Lipinski definition) is 4. The number of nitrogens with zero attached hydrogens (tertiary/aromatic N) is 2. The van der Waals surface area contributed by atoms with Gasteiger partial charge in [-0.3, -0.25) is 9.78 Å². The summed E-state index contributed by atoms with van der Waals surface area (Å²) in [7, 11) is 0. The van der Waals surface area contributed by atoms with Crippen LogP contribution in [0.3, 0.4) is 0 Å². The van der Waals surface area contributed by atoms with E-state index in [1.807, 2.05) is 4.90 Å². The van der Waals surface area contributed by atoms with Crippen molar-refractivity contribution in [3.8, 4) is 5.75 Å². The van der Waals surface area contributed by atoms with Gasteiger partial charge in [0.1, 0.15) is 5.75 Å². The van der Waals surface area contributed by atoms with Crippen molar-refractivity contribution in [3.05, 3.63) is 24.5 Å². The van der Waals surface area contributed by atoms with Gasteiger partial charge in [-0.2, -0.15) is 0 Å². The first-order valence-corrected chi connectivity index (χ1v) is 6.26. The van der Waals surface area contributed by atoms with Gasteiger partial charge in [-0.15, -0.1) is 0 Å². The maximum absolute atomic E-state index is 12.2. The molecule has 18 heavy (non-hydrogen) atoms. The van der Waals surface area contributed by atoms with Crippen LogP contribution in [-0.4, -0.2) is 41.5 Å². The molecule has 98 valence electrons. The van der Waals surface area contributed by atoms with Gasteiger partial charge < -0.3 is 15.4 Å². The number of hydrogen-bond donors (Lipinski definition) is 1. The monoisotopic (exact) mass is 249 g/mol. The van der Waals surface area contributed by atoms with Crippen LogP contribution in [0.1, 0.15) is 13.3 Å². The van der Waals surface area contributed by atoms with Crippen LogP contribution in [0.2, 0.25) is 0 Å². The number of ether oxygens (including phenoxy) is 1. The van der Waals surface area contributed by atoms with Crippen molar-refractivity contribution in [2.24, 2.45) is 11.7 Å². The van der Waals surface area contributed by atoms with Crippen molar-refractivity contribution >= 4 is 5.91 Å². The first-order chi connectivity index (χ1) is 8.70. The van der Waals surface area contributed by atoms with Crippen molar-refractivity contribution in [2.45, 2.75) is 19.4 Å². The van der Waals surface area contributed by atoms with Crippen LogP contribution < -0.4 is 10.5 Å². The molecule has 1 aromatic heterocycles. The second-order valence-corrected chi connectivity index (χ2v) is 4.62. The molecule has 0 spiro atoms. The Morgan fingerprint density at radius 3 is 3.17 bits per heavy atom. The maximum Gasteiger partial charge on any atom is 0.263 e. The molecule has 2 N–H and O–H groups in total. The first kappa shape index (κ1) is 12.8. The van der Waals surface area contributed by atoms with Gasteiger partial charge >= 0.3 is 0 Å². The predicted molar refractivity (Wildman–Crippen MR) is 68.1 cm³/mol. The van der Waals surface area contributed by atoms with E-state index in [0.717, 1.165) is 19.5 Å². The summed E-state index contributed by atoms with van der Waals surface area (Å²) in [6.45, 7) is 3.93. The van der Waals surface area contributed by atoms with E-state index < -0.39 is 6.10 Å². The van der Waals surface area contributed by atoms with Gasteiger partial charge in [0, 0.05) is 19.3 Å². The second kappa shape index (κ2) is 5.82. The Bertz CT molecular complexity index is 396. The molecule has 2 heterocycles. The topological polar surface area (TPSA) is 68.5 Å². The van der Waals surface area contributed by atoms with Crippen molar-refractivity contribution in [2.75, 3.05) is 19.6 Å². The van der Waals surface area contributed by atoms with Crippen LogP contribution >= 0.6 is 0 Å².